The van der Waals surface area contributed by atoms with Crippen molar-refractivity contribution in [2.75, 3.05) is 0 Å². The zero-order chi connectivity index (χ0) is 9.28. The van der Waals surface area contributed by atoms with Crippen molar-refractivity contribution in [3.05, 3.63) is 0 Å². The van der Waals surface area contributed by atoms with Gasteiger partial charge in [-0.25, -0.2) is 13.2 Å². The summed E-state index contributed by atoms with van der Waals surface area (Å²) >= 11 is 0. The lowest BCUT2D eigenvalue weighted by molar-refractivity contribution is -0.181. The lowest BCUT2D eigenvalue weighted by Crippen LogP contribution is -2.50. The van der Waals surface area contributed by atoms with Crippen LogP contribution >= 0.6 is 0 Å². The summed E-state index contributed by atoms with van der Waals surface area (Å²) in [5.41, 5.74) is -1.69. The van der Waals surface area contributed by atoms with Crippen molar-refractivity contribution in [2.24, 2.45) is 0 Å². The van der Waals surface area contributed by atoms with E-state index in [9.17, 15) is 13.2 Å². The first-order chi connectivity index (χ1) is 4.75. The normalized spacial score (nSPS) is 16.9. The third-order valence-electron chi connectivity index (χ3n) is 1.81. The van der Waals surface area contributed by atoms with E-state index in [-0.39, 0.29) is 10.5 Å². The summed E-state index contributed by atoms with van der Waals surface area (Å²) in [6.45, 7) is 3.22. The second-order valence-electron chi connectivity index (χ2n) is 2.95. The van der Waals surface area contributed by atoms with Crippen LogP contribution in [0.25, 0.3) is 0 Å². The largest absolute Gasteiger partial charge is 0.417 e. The van der Waals surface area contributed by atoms with Gasteiger partial charge in [0.2, 0.25) is 0 Å². The zero-order valence-corrected chi connectivity index (χ0v) is 9.12. The molecule has 0 bridgehead atoms. The van der Waals surface area contributed by atoms with Gasteiger partial charge in [-0.05, 0) is 20.8 Å². The Bertz CT molecular complexity index is 136. The summed E-state index contributed by atoms with van der Waals surface area (Å²) in [6.07, 6.45) is -2.17. The molecule has 68 valence electrons. The molecule has 0 saturated carbocycles. The Balaban J connectivity index is 4.53. The summed E-state index contributed by atoms with van der Waals surface area (Å²) in [4.78, 5) is 0. The van der Waals surface area contributed by atoms with Crippen LogP contribution in [0.3, 0.4) is 0 Å². The van der Waals surface area contributed by atoms with Crippen LogP contribution in [0.1, 0.15) is 20.8 Å². The molecule has 0 aromatic heterocycles. The first-order valence-corrected chi connectivity index (χ1v) is 4.14. The molecule has 1 unspecified atom stereocenters. The van der Waals surface area contributed by atoms with Gasteiger partial charge in [0.1, 0.15) is 16.1 Å². The van der Waals surface area contributed by atoms with E-state index < -0.39 is 17.7 Å². The van der Waals surface area contributed by atoms with Gasteiger partial charge in [-0.1, -0.05) is 0 Å². The van der Waals surface area contributed by atoms with E-state index in [2.05, 4.69) is 4.43 Å². The zero-order valence-electron chi connectivity index (χ0n) is 7.12. The highest BCUT2D eigenvalue weighted by Gasteiger charge is 2.51. The molecule has 0 aromatic rings. The third kappa shape index (κ3) is 1.96. The molecule has 0 N–H and O–H groups in total. The minimum Gasteiger partial charge on any atom is -0.417 e. The summed E-state index contributed by atoms with van der Waals surface area (Å²) in [6, 6.07) is 0. The van der Waals surface area contributed by atoms with Crippen molar-refractivity contribution < 1.29 is 17.6 Å². The number of halogens is 3. The maximum atomic E-state index is 12.8. The van der Waals surface area contributed by atoms with Gasteiger partial charge >= 0.3 is 5.92 Å². The fourth-order valence-electron chi connectivity index (χ4n) is 0.615. The molecule has 0 aliphatic carbocycles. The summed E-state index contributed by atoms with van der Waals surface area (Å²) in [5, 5.41) is 0. The smallest absolute Gasteiger partial charge is 0.304 e. The summed E-state index contributed by atoms with van der Waals surface area (Å²) < 4.78 is 42.7. The van der Waals surface area contributed by atoms with Gasteiger partial charge in [0.05, 0.1) is 0 Å². The van der Waals surface area contributed by atoms with Gasteiger partial charge in [-0.15, -0.1) is 0 Å². The third-order valence-corrected chi connectivity index (χ3v) is 2.83. The van der Waals surface area contributed by atoms with Crippen molar-refractivity contribution in [3.8, 4) is 0 Å². The minimum atomic E-state index is -3.41. The fraction of sp³-hybridized carbons (Fsp3) is 1.00. The summed E-state index contributed by atoms with van der Waals surface area (Å²) in [5.74, 6) is -3.41. The molecule has 1 atom stereocenters. The highest BCUT2D eigenvalue weighted by molar-refractivity contribution is 5.98. The molecule has 0 aliphatic heterocycles. The van der Waals surface area contributed by atoms with Crippen LogP contribution in [0.2, 0.25) is 0 Å². The summed E-state index contributed by atoms with van der Waals surface area (Å²) in [7, 11) is 0.177. The molecule has 0 spiro atoms. The SMILES string of the molecule is CC(F)C(F)(F)C(C)(C)O[SiH3]. The topological polar surface area (TPSA) is 9.23 Å². The molecule has 11 heavy (non-hydrogen) atoms. The highest BCUT2D eigenvalue weighted by atomic mass is 28.2. The second kappa shape index (κ2) is 3.14. The van der Waals surface area contributed by atoms with Gasteiger partial charge in [0, 0.05) is 0 Å². The Kier molecular flexibility index (Phi) is 3.13. The monoisotopic (exact) mass is 186 g/mol. The molecule has 0 radical (unpaired) electrons. The van der Waals surface area contributed by atoms with E-state index in [0.29, 0.717) is 0 Å². The van der Waals surface area contributed by atoms with Crippen LogP contribution < -0.4 is 0 Å². The van der Waals surface area contributed by atoms with Crippen LogP contribution in [0.15, 0.2) is 0 Å². The maximum Gasteiger partial charge on any atom is 0.304 e. The van der Waals surface area contributed by atoms with Gasteiger partial charge < -0.3 is 4.43 Å². The number of alkyl halides is 3. The molecule has 0 rings (SSSR count). The lowest BCUT2D eigenvalue weighted by Gasteiger charge is -2.34. The standard InChI is InChI=1S/C6H13F3OSi/c1-4(7)6(8,9)5(2,3)10-11/h4H,1-3,11H3. The van der Waals surface area contributed by atoms with Crippen molar-refractivity contribution in [1.82, 2.24) is 0 Å². The minimum absolute atomic E-state index is 0.177. The van der Waals surface area contributed by atoms with Crippen LogP contribution in [-0.2, 0) is 4.43 Å². The van der Waals surface area contributed by atoms with E-state index in [1.165, 1.54) is 13.8 Å². The first-order valence-electron chi connectivity index (χ1n) is 3.32. The van der Waals surface area contributed by atoms with Gasteiger partial charge in [-0.2, -0.15) is 0 Å². The number of hydrogen-bond donors (Lipinski definition) is 0. The van der Waals surface area contributed by atoms with Crippen molar-refractivity contribution in [2.45, 2.75) is 38.5 Å². The number of rotatable bonds is 3. The Morgan fingerprint density at radius 2 is 1.73 bits per heavy atom. The van der Waals surface area contributed by atoms with Crippen molar-refractivity contribution >= 4 is 10.5 Å². The second-order valence-corrected chi connectivity index (χ2v) is 3.36. The predicted octanol–water partition coefficient (Wildman–Crippen LogP) is 1.06. The number of hydrogen-bond acceptors (Lipinski definition) is 1. The van der Waals surface area contributed by atoms with Crippen LogP contribution in [-0.4, -0.2) is 28.2 Å². The fourth-order valence-corrected chi connectivity index (χ4v) is 0.887. The molecule has 0 saturated heterocycles. The average Bonchev–Trinajstić information content (AvgIpc) is 1.87. The van der Waals surface area contributed by atoms with E-state index >= 15 is 0 Å². The van der Waals surface area contributed by atoms with Gasteiger partial charge in [0.25, 0.3) is 0 Å². The molecule has 1 nitrogen and oxygen atoms in total. The van der Waals surface area contributed by atoms with Crippen LogP contribution in [0.4, 0.5) is 13.2 Å². The molecule has 0 aromatic carbocycles. The van der Waals surface area contributed by atoms with Crippen LogP contribution in [0, 0.1) is 0 Å². The lowest BCUT2D eigenvalue weighted by atomic mass is 9.97. The van der Waals surface area contributed by atoms with Crippen molar-refractivity contribution in [3.63, 3.8) is 0 Å². The molecular formula is C6H13F3OSi. The van der Waals surface area contributed by atoms with Gasteiger partial charge in [-0.3, -0.25) is 0 Å². The van der Waals surface area contributed by atoms with E-state index in [4.69, 9.17) is 0 Å². The Hall–Kier alpha value is -0.0331. The predicted molar refractivity (Wildman–Crippen MR) is 40.6 cm³/mol. The average molecular weight is 186 g/mol. The highest BCUT2D eigenvalue weighted by Crippen LogP contribution is 2.35. The van der Waals surface area contributed by atoms with E-state index in [0.717, 1.165) is 6.92 Å². The Morgan fingerprint density at radius 3 is 1.82 bits per heavy atom. The Morgan fingerprint density at radius 1 is 1.36 bits per heavy atom. The van der Waals surface area contributed by atoms with Crippen molar-refractivity contribution in [1.29, 1.82) is 0 Å². The quantitative estimate of drug-likeness (QED) is 0.599. The maximum absolute atomic E-state index is 12.8. The molecule has 5 heteroatoms. The van der Waals surface area contributed by atoms with Crippen LogP contribution in [0.5, 0.6) is 0 Å². The molecule has 0 amide bonds. The Labute approximate surface area is 67.5 Å². The molecular weight excluding hydrogens is 173 g/mol. The van der Waals surface area contributed by atoms with E-state index in [1.54, 1.807) is 0 Å². The molecule has 0 aliphatic rings. The first kappa shape index (κ1) is 11.0. The molecule has 0 heterocycles. The molecule has 0 fully saturated rings. The van der Waals surface area contributed by atoms with Gasteiger partial charge in [0.15, 0.2) is 6.17 Å². The van der Waals surface area contributed by atoms with E-state index in [1.807, 2.05) is 0 Å².